The van der Waals surface area contributed by atoms with E-state index in [9.17, 15) is 9.59 Å². The molecule has 2 aromatic carbocycles. The van der Waals surface area contributed by atoms with Gasteiger partial charge >= 0.3 is 11.8 Å². The first-order valence-electron chi connectivity index (χ1n) is 9.32. The predicted octanol–water partition coefficient (Wildman–Crippen LogP) is 3.80. The highest BCUT2D eigenvalue weighted by molar-refractivity contribution is 6.39. The van der Waals surface area contributed by atoms with Crippen LogP contribution in [-0.2, 0) is 9.59 Å². The Kier molecular flexibility index (Phi) is 5.93. The Bertz CT molecular complexity index is 1060. The number of hydrazone groups is 1. The smallest absolute Gasteiger partial charge is 0.318 e. The lowest BCUT2D eigenvalue weighted by molar-refractivity contribution is -0.136. The van der Waals surface area contributed by atoms with Gasteiger partial charge in [-0.3, -0.25) is 9.59 Å². The van der Waals surface area contributed by atoms with Gasteiger partial charge in [-0.05, 0) is 69.2 Å². The molecule has 6 nitrogen and oxygen atoms in total. The summed E-state index contributed by atoms with van der Waals surface area (Å²) in [5.74, 6) is -1.58. The summed E-state index contributed by atoms with van der Waals surface area (Å²) in [5.41, 5.74) is 8.84. The number of amides is 2. The van der Waals surface area contributed by atoms with Crippen LogP contribution in [0.2, 0.25) is 0 Å². The van der Waals surface area contributed by atoms with Gasteiger partial charge in [0, 0.05) is 28.3 Å². The number of carbonyl (C=O) groups is 2. The molecular weight excluding hydrogens is 364 g/mol. The summed E-state index contributed by atoms with van der Waals surface area (Å²) in [6.07, 6.45) is 1.55. The van der Waals surface area contributed by atoms with Gasteiger partial charge in [0.25, 0.3) is 0 Å². The molecule has 0 aliphatic heterocycles. The van der Waals surface area contributed by atoms with E-state index in [-0.39, 0.29) is 0 Å². The molecule has 0 fully saturated rings. The van der Waals surface area contributed by atoms with Crippen LogP contribution in [0.25, 0.3) is 5.69 Å². The van der Waals surface area contributed by atoms with Crippen LogP contribution < -0.4 is 10.7 Å². The number of benzene rings is 2. The molecule has 0 aliphatic carbocycles. The Morgan fingerprint density at radius 3 is 2.21 bits per heavy atom. The highest BCUT2D eigenvalue weighted by Crippen LogP contribution is 2.19. The maximum absolute atomic E-state index is 12.1. The largest absolute Gasteiger partial charge is 0.329 e. The fraction of sp³-hybridized carbons (Fsp3) is 0.174. The van der Waals surface area contributed by atoms with E-state index in [2.05, 4.69) is 20.4 Å². The lowest BCUT2D eigenvalue weighted by Crippen LogP contribution is -2.32. The quantitative estimate of drug-likeness (QED) is 0.405. The second kappa shape index (κ2) is 8.56. The Hall–Kier alpha value is -3.67. The second-order valence-corrected chi connectivity index (χ2v) is 7.03. The summed E-state index contributed by atoms with van der Waals surface area (Å²) in [5, 5.41) is 6.54. The minimum atomic E-state index is -0.822. The maximum Gasteiger partial charge on any atom is 0.329 e. The molecule has 3 rings (SSSR count). The van der Waals surface area contributed by atoms with Crippen molar-refractivity contribution in [3.63, 3.8) is 0 Å². The highest BCUT2D eigenvalue weighted by atomic mass is 16.2. The van der Waals surface area contributed by atoms with Gasteiger partial charge in [-0.1, -0.05) is 24.3 Å². The second-order valence-electron chi connectivity index (χ2n) is 7.03. The number of nitrogens with one attached hydrogen (secondary N) is 2. The first-order valence-corrected chi connectivity index (χ1v) is 9.32. The van der Waals surface area contributed by atoms with Crippen molar-refractivity contribution in [1.29, 1.82) is 0 Å². The van der Waals surface area contributed by atoms with Crippen LogP contribution in [0.15, 0.2) is 59.7 Å². The van der Waals surface area contributed by atoms with Crippen molar-refractivity contribution in [2.24, 2.45) is 5.10 Å². The van der Waals surface area contributed by atoms with E-state index in [0.717, 1.165) is 33.8 Å². The molecule has 0 unspecified atom stereocenters. The first kappa shape index (κ1) is 20.1. The summed E-state index contributed by atoms with van der Waals surface area (Å²) < 4.78 is 2.11. The fourth-order valence-electron chi connectivity index (χ4n) is 3.34. The Labute approximate surface area is 170 Å². The molecule has 0 bridgehead atoms. The lowest BCUT2D eigenvalue weighted by Gasteiger charge is -2.09. The van der Waals surface area contributed by atoms with E-state index in [1.54, 1.807) is 18.3 Å². The van der Waals surface area contributed by atoms with E-state index >= 15 is 0 Å². The van der Waals surface area contributed by atoms with Gasteiger partial charge < -0.3 is 9.88 Å². The van der Waals surface area contributed by atoms with Crippen molar-refractivity contribution in [2.45, 2.75) is 27.7 Å². The van der Waals surface area contributed by atoms with Crippen molar-refractivity contribution in [2.75, 3.05) is 5.32 Å². The van der Waals surface area contributed by atoms with Gasteiger partial charge in [0.15, 0.2) is 0 Å². The van der Waals surface area contributed by atoms with Crippen molar-refractivity contribution >= 4 is 23.7 Å². The minimum absolute atomic E-state index is 0.582. The van der Waals surface area contributed by atoms with Crippen LogP contribution in [0, 0.1) is 27.7 Å². The number of nitrogens with zero attached hydrogens (tertiary/aromatic N) is 2. The van der Waals surface area contributed by atoms with E-state index in [1.807, 2.05) is 70.2 Å². The monoisotopic (exact) mass is 388 g/mol. The van der Waals surface area contributed by atoms with E-state index in [0.29, 0.717) is 5.69 Å². The van der Waals surface area contributed by atoms with Crippen molar-refractivity contribution < 1.29 is 9.59 Å². The zero-order valence-electron chi connectivity index (χ0n) is 17.0. The number of aryl methyl sites for hydroxylation is 3. The maximum atomic E-state index is 12.1. The zero-order chi connectivity index (χ0) is 21.0. The summed E-state index contributed by atoms with van der Waals surface area (Å²) in [6.45, 7) is 7.85. The molecule has 0 saturated carbocycles. The molecule has 2 amide bonds. The van der Waals surface area contributed by atoms with Gasteiger partial charge in [0.2, 0.25) is 0 Å². The van der Waals surface area contributed by atoms with Gasteiger partial charge in [0.1, 0.15) is 0 Å². The standard InChI is InChI=1S/C23H24N4O2/c1-15-10-16(2)12-20(11-15)25-22(28)23(29)26-24-14-19-13-17(3)27(18(19)4)21-8-6-5-7-9-21/h5-14H,1-4H3,(H,25,28)(H,26,29)/b24-14-. The molecule has 0 atom stereocenters. The number of hydrogen-bond acceptors (Lipinski definition) is 3. The van der Waals surface area contributed by atoms with Crippen molar-refractivity contribution in [3.8, 4) is 5.69 Å². The number of para-hydroxylation sites is 1. The Morgan fingerprint density at radius 2 is 1.55 bits per heavy atom. The number of anilines is 1. The number of hydrogen-bond donors (Lipinski definition) is 2. The molecule has 148 valence electrons. The van der Waals surface area contributed by atoms with Gasteiger partial charge in [-0.15, -0.1) is 0 Å². The molecule has 1 heterocycles. The lowest BCUT2D eigenvalue weighted by atomic mass is 10.1. The van der Waals surface area contributed by atoms with E-state index in [4.69, 9.17) is 0 Å². The Balaban J connectivity index is 1.66. The molecular formula is C23H24N4O2. The number of rotatable bonds is 4. The van der Waals surface area contributed by atoms with Crippen molar-refractivity contribution in [3.05, 3.63) is 82.7 Å². The summed E-state index contributed by atoms with van der Waals surface area (Å²) in [6, 6.07) is 17.6. The van der Waals surface area contributed by atoms with Gasteiger partial charge in [-0.2, -0.15) is 5.10 Å². The molecule has 0 saturated heterocycles. The summed E-state index contributed by atoms with van der Waals surface area (Å²) in [7, 11) is 0. The topological polar surface area (TPSA) is 75.5 Å². The summed E-state index contributed by atoms with van der Waals surface area (Å²) >= 11 is 0. The average Bonchev–Trinajstić information content (AvgIpc) is 2.95. The fourth-order valence-corrected chi connectivity index (χ4v) is 3.34. The summed E-state index contributed by atoms with van der Waals surface area (Å²) in [4.78, 5) is 24.1. The van der Waals surface area contributed by atoms with E-state index < -0.39 is 11.8 Å². The molecule has 3 aromatic rings. The molecule has 0 aliphatic rings. The van der Waals surface area contributed by atoms with Crippen LogP contribution >= 0.6 is 0 Å². The zero-order valence-corrected chi connectivity index (χ0v) is 17.0. The van der Waals surface area contributed by atoms with Crippen LogP contribution in [0.5, 0.6) is 0 Å². The average molecular weight is 388 g/mol. The number of carbonyl (C=O) groups excluding carboxylic acids is 2. The van der Waals surface area contributed by atoms with Crippen LogP contribution in [0.3, 0.4) is 0 Å². The molecule has 6 heteroatoms. The highest BCUT2D eigenvalue weighted by Gasteiger charge is 2.14. The van der Waals surface area contributed by atoms with E-state index in [1.165, 1.54) is 0 Å². The first-order chi connectivity index (χ1) is 13.8. The van der Waals surface area contributed by atoms with Crippen molar-refractivity contribution in [1.82, 2.24) is 9.99 Å². The predicted molar refractivity (Wildman–Crippen MR) is 116 cm³/mol. The number of aromatic nitrogens is 1. The molecule has 1 aromatic heterocycles. The molecule has 0 radical (unpaired) electrons. The third kappa shape index (κ3) is 4.79. The third-order valence-electron chi connectivity index (χ3n) is 4.54. The minimum Gasteiger partial charge on any atom is -0.318 e. The molecule has 0 spiro atoms. The van der Waals surface area contributed by atoms with Crippen LogP contribution in [-0.4, -0.2) is 22.6 Å². The third-order valence-corrected chi connectivity index (χ3v) is 4.54. The SMILES string of the molecule is Cc1cc(C)cc(NC(=O)C(=O)N/N=C\c2cc(C)n(-c3ccccc3)c2C)c1. The molecule has 29 heavy (non-hydrogen) atoms. The van der Waals surface area contributed by atoms with Gasteiger partial charge in [0.05, 0.1) is 6.21 Å². The normalized spacial score (nSPS) is 10.9. The van der Waals surface area contributed by atoms with Crippen LogP contribution in [0.1, 0.15) is 28.1 Å². The van der Waals surface area contributed by atoms with Gasteiger partial charge in [-0.25, -0.2) is 5.43 Å². The van der Waals surface area contributed by atoms with Crippen LogP contribution in [0.4, 0.5) is 5.69 Å². The molecule has 2 N–H and O–H groups in total. The Morgan fingerprint density at radius 1 is 0.897 bits per heavy atom.